The van der Waals surface area contributed by atoms with E-state index in [1.165, 1.54) is 0 Å². The van der Waals surface area contributed by atoms with Gasteiger partial charge in [0.25, 0.3) is 5.91 Å². The van der Waals surface area contributed by atoms with Crippen LogP contribution in [0.25, 0.3) is 11.4 Å². The molecule has 156 valence electrons. The third-order valence-corrected chi connectivity index (χ3v) is 5.29. The molecule has 4 rings (SSSR count). The predicted molar refractivity (Wildman–Crippen MR) is 111 cm³/mol. The van der Waals surface area contributed by atoms with E-state index in [-0.39, 0.29) is 24.7 Å². The van der Waals surface area contributed by atoms with E-state index in [4.69, 9.17) is 4.74 Å². The monoisotopic (exact) mass is 407 g/mol. The van der Waals surface area contributed by atoms with Gasteiger partial charge in [-0.1, -0.05) is 29.5 Å². The number of pyridine rings is 1. The zero-order chi connectivity index (χ0) is 20.8. The van der Waals surface area contributed by atoms with E-state index in [1.807, 2.05) is 42.6 Å². The van der Waals surface area contributed by atoms with Crippen molar-refractivity contribution in [2.24, 2.45) is 0 Å². The summed E-state index contributed by atoms with van der Waals surface area (Å²) >= 11 is 0. The van der Waals surface area contributed by atoms with Crippen LogP contribution in [0.1, 0.15) is 29.6 Å². The molecular formula is C22H25N5O3. The minimum atomic E-state index is -0.420. The van der Waals surface area contributed by atoms with Crippen molar-refractivity contribution in [3.8, 4) is 11.4 Å². The molecule has 0 bridgehead atoms. The van der Waals surface area contributed by atoms with Crippen LogP contribution in [0.15, 0.2) is 60.9 Å². The van der Waals surface area contributed by atoms with Gasteiger partial charge in [0.05, 0.1) is 30.6 Å². The molecule has 1 aromatic carbocycles. The number of amides is 1. The van der Waals surface area contributed by atoms with Crippen molar-refractivity contribution in [2.75, 3.05) is 6.61 Å². The number of aliphatic hydroxyl groups excluding tert-OH is 1. The number of carbonyl (C=O) groups is 1. The van der Waals surface area contributed by atoms with Crippen molar-refractivity contribution in [1.29, 1.82) is 0 Å². The SMILES string of the molecule is O=C(N[C@@H]1CC[C@H](CCn2cc(-c3ccccn3)nn2)O[C@@H]1CO)c1ccccc1. The van der Waals surface area contributed by atoms with Crippen molar-refractivity contribution in [2.45, 2.75) is 44.1 Å². The van der Waals surface area contributed by atoms with Gasteiger partial charge in [0.2, 0.25) is 0 Å². The van der Waals surface area contributed by atoms with Crippen molar-refractivity contribution >= 4 is 5.91 Å². The Morgan fingerprint density at radius 1 is 1.13 bits per heavy atom. The van der Waals surface area contributed by atoms with Gasteiger partial charge in [0.1, 0.15) is 11.8 Å². The lowest BCUT2D eigenvalue weighted by Gasteiger charge is -2.36. The average Bonchev–Trinajstić information content (AvgIpc) is 3.28. The highest BCUT2D eigenvalue weighted by molar-refractivity contribution is 5.94. The van der Waals surface area contributed by atoms with Gasteiger partial charge in [-0.15, -0.1) is 5.10 Å². The van der Waals surface area contributed by atoms with E-state index in [0.29, 0.717) is 12.1 Å². The zero-order valence-corrected chi connectivity index (χ0v) is 16.6. The molecular weight excluding hydrogens is 382 g/mol. The third-order valence-electron chi connectivity index (χ3n) is 5.29. The first-order valence-electron chi connectivity index (χ1n) is 10.2. The predicted octanol–water partition coefficient (Wildman–Crippen LogP) is 2.07. The number of hydrogen-bond donors (Lipinski definition) is 2. The second kappa shape index (κ2) is 9.60. The molecule has 3 aromatic rings. The maximum atomic E-state index is 12.4. The summed E-state index contributed by atoms with van der Waals surface area (Å²) in [6, 6.07) is 14.5. The van der Waals surface area contributed by atoms with E-state index >= 15 is 0 Å². The number of aliphatic hydroxyl groups is 1. The molecule has 2 aromatic heterocycles. The lowest BCUT2D eigenvalue weighted by atomic mass is 9.96. The Morgan fingerprint density at radius 3 is 2.73 bits per heavy atom. The van der Waals surface area contributed by atoms with Crippen LogP contribution in [0.4, 0.5) is 0 Å². The van der Waals surface area contributed by atoms with E-state index in [0.717, 1.165) is 30.7 Å². The molecule has 8 heteroatoms. The number of carbonyl (C=O) groups excluding carboxylic acids is 1. The summed E-state index contributed by atoms with van der Waals surface area (Å²) in [5.41, 5.74) is 2.12. The van der Waals surface area contributed by atoms with Gasteiger partial charge < -0.3 is 15.2 Å². The van der Waals surface area contributed by atoms with Crippen LogP contribution in [-0.4, -0.2) is 55.8 Å². The lowest BCUT2D eigenvalue weighted by Crippen LogP contribution is -2.51. The summed E-state index contributed by atoms with van der Waals surface area (Å²) in [6.07, 6.45) is 5.49. The summed E-state index contributed by atoms with van der Waals surface area (Å²) in [5, 5.41) is 21.1. The van der Waals surface area contributed by atoms with Gasteiger partial charge in [-0.2, -0.15) is 0 Å². The van der Waals surface area contributed by atoms with Crippen LogP contribution in [0.3, 0.4) is 0 Å². The first-order valence-corrected chi connectivity index (χ1v) is 10.2. The fourth-order valence-corrected chi connectivity index (χ4v) is 3.67. The molecule has 0 radical (unpaired) electrons. The molecule has 30 heavy (non-hydrogen) atoms. The minimum Gasteiger partial charge on any atom is -0.394 e. The molecule has 0 spiro atoms. The summed E-state index contributed by atoms with van der Waals surface area (Å²) in [7, 11) is 0. The lowest BCUT2D eigenvalue weighted by molar-refractivity contribution is -0.0912. The molecule has 0 saturated carbocycles. The molecule has 1 fully saturated rings. The maximum Gasteiger partial charge on any atom is 0.251 e. The standard InChI is InChI=1S/C22H25N5O3/c28-15-21-19(24-22(29)16-6-2-1-3-7-16)10-9-17(30-21)11-13-27-14-20(25-26-27)18-8-4-5-12-23-18/h1-8,12,14,17,19,21,28H,9-11,13,15H2,(H,24,29)/t17-,19-,21-/m1/s1. The first kappa shape index (κ1) is 20.2. The summed E-state index contributed by atoms with van der Waals surface area (Å²) in [6.45, 7) is 0.521. The van der Waals surface area contributed by atoms with Crippen LogP contribution in [-0.2, 0) is 11.3 Å². The van der Waals surface area contributed by atoms with Crippen LogP contribution in [0.5, 0.6) is 0 Å². The van der Waals surface area contributed by atoms with E-state index in [2.05, 4.69) is 20.6 Å². The normalized spacial score (nSPS) is 21.3. The fraction of sp³-hybridized carbons (Fsp3) is 0.364. The van der Waals surface area contributed by atoms with E-state index in [9.17, 15) is 9.90 Å². The fourth-order valence-electron chi connectivity index (χ4n) is 3.67. The highest BCUT2D eigenvalue weighted by Gasteiger charge is 2.32. The summed E-state index contributed by atoms with van der Waals surface area (Å²) in [5.74, 6) is -0.147. The molecule has 2 N–H and O–H groups in total. The molecule has 3 heterocycles. The van der Waals surface area contributed by atoms with Gasteiger partial charge in [0, 0.05) is 18.3 Å². The van der Waals surface area contributed by atoms with Gasteiger partial charge in [-0.3, -0.25) is 14.5 Å². The molecule has 1 amide bonds. The highest BCUT2D eigenvalue weighted by atomic mass is 16.5. The van der Waals surface area contributed by atoms with Gasteiger partial charge in [-0.25, -0.2) is 0 Å². The molecule has 1 aliphatic heterocycles. The quantitative estimate of drug-likeness (QED) is 0.622. The molecule has 0 unspecified atom stereocenters. The van der Waals surface area contributed by atoms with Gasteiger partial charge in [-0.05, 0) is 43.5 Å². The molecule has 8 nitrogen and oxygen atoms in total. The second-order valence-corrected chi connectivity index (χ2v) is 7.37. The second-order valence-electron chi connectivity index (χ2n) is 7.37. The number of aromatic nitrogens is 4. The molecule has 0 aliphatic carbocycles. The molecule has 1 saturated heterocycles. The number of rotatable bonds is 7. The largest absolute Gasteiger partial charge is 0.394 e. The van der Waals surface area contributed by atoms with Crippen LogP contribution < -0.4 is 5.32 Å². The number of aryl methyl sites for hydroxylation is 1. The molecule has 1 aliphatic rings. The topological polar surface area (TPSA) is 102 Å². The Hall–Kier alpha value is -3.10. The number of nitrogens with one attached hydrogen (secondary N) is 1. The van der Waals surface area contributed by atoms with Crippen LogP contribution >= 0.6 is 0 Å². The number of benzene rings is 1. The molecule has 3 atom stereocenters. The highest BCUT2D eigenvalue weighted by Crippen LogP contribution is 2.23. The Balaban J connectivity index is 1.29. The maximum absolute atomic E-state index is 12.4. The summed E-state index contributed by atoms with van der Waals surface area (Å²) < 4.78 is 7.84. The zero-order valence-electron chi connectivity index (χ0n) is 16.6. The van der Waals surface area contributed by atoms with Crippen molar-refractivity contribution in [3.05, 3.63) is 66.5 Å². The average molecular weight is 407 g/mol. The number of nitrogens with zero attached hydrogens (tertiary/aromatic N) is 4. The summed E-state index contributed by atoms with van der Waals surface area (Å²) in [4.78, 5) is 16.7. The third kappa shape index (κ3) is 4.90. The Labute approximate surface area is 174 Å². The van der Waals surface area contributed by atoms with E-state index in [1.54, 1.807) is 23.0 Å². The van der Waals surface area contributed by atoms with Gasteiger partial charge >= 0.3 is 0 Å². The van der Waals surface area contributed by atoms with E-state index < -0.39 is 6.10 Å². The Morgan fingerprint density at radius 2 is 1.97 bits per heavy atom. The Bertz CT molecular complexity index is 948. The smallest absolute Gasteiger partial charge is 0.251 e. The van der Waals surface area contributed by atoms with Crippen molar-refractivity contribution in [3.63, 3.8) is 0 Å². The van der Waals surface area contributed by atoms with Crippen LogP contribution in [0, 0.1) is 0 Å². The van der Waals surface area contributed by atoms with Crippen molar-refractivity contribution < 1.29 is 14.6 Å². The first-order chi connectivity index (χ1) is 14.7. The van der Waals surface area contributed by atoms with Crippen LogP contribution in [0.2, 0.25) is 0 Å². The Kier molecular flexibility index (Phi) is 6.46. The van der Waals surface area contributed by atoms with Crippen molar-refractivity contribution in [1.82, 2.24) is 25.3 Å². The minimum absolute atomic E-state index is 0.00507. The van der Waals surface area contributed by atoms with Gasteiger partial charge in [0.15, 0.2) is 0 Å². The number of hydrogen-bond acceptors (Lipinski definition) is 6. The number of ether oxygens (including phenoxy) is 1.